The fourth-order valence-corrected chi connectivity index (χ4v) is 2.56. The molecule has 0 saturated carbocycles. The predicted octanol–water partition coefficient (Wildman–Crippen LogP) is 2.27. The number of nitrogens with two attached hydrogens (primary N) is 1. The van der Waals surface area contributed by atoms with Crippen LogP contribution in [-0.4, -0.2) is 17.2 Å². The molecule has 20 heavy (non-hydrogen) atoms. The lowest BCUT2D eigenvalue weighted by Gasteiger charge is -2.28. The molecule has 0 unspecified atom stereocenters. The summed E-state index contributed by atoms with van der Waals surface area (Å²) in [5.41, 5.74) is 10.5. The fourth-order valence-electron chi connectivity index (χ4n) is 2.56. The predicted molar refractivity (Wildman–Crippen MR) is 77.6 cm³/mol. The second-order valence-electron chi connectivity index (χ2n) is 5.17. The Morgan fingerprint density at radius 2 is 1.95 bits per heavy atom. The van der Waals surface area contributed by atoms with Gasteiger partial charge in [0.1, 0.15) is 0 Å². The number of rotatable bonds is 1. The van der Waals surface area contributed by atoms with Gasteiger partial charge in [-0.15, -0.1) is 0 Å². The molecule has 0 aromatic heterocycles. The number of benzene rings is 2. The van der Waals surface area contributed by atoms with Crippen LogP contribution in [0.5, 0.6) is 0 Å². The Balaban J connectivity index is 2.06. The van der Waals surface area contributed by atoms with Crippen molar-refractivity contribution in [1.29, 1.82) is 0 Å². The lowest BCUT2D eigenvalue weighted by Crippen LogP contribution is -2.47. The monoisotopic (exact) mass is 268 g/mol. The molecule has 4 nitrogen and oxygen atoms in total. The number of nitrogens with zero attached hydrogens (tertiary/aromatic N) is 1. The zero-order valence-electron chi connectivity index (χ0n) is 11.2. The molecule has 1 amide bonds. The van der Waals surface area contributed by atoms with Crippen molar-refractivity contribution in [3.8, 4) is 11.1 Å². The number of carbonyl (C=O) groups is 1. The van der Waals surface area contributed by atoms with E-state index in [2.05, 4.69) is 6.07 Å². The quantitative estimate of drug-likeness (QED) is 0.780. The maximum atomic E-state index is 11.6. The largest absolute Gasteiger partial charge is 0.320 e. The molecule has 0 spiro atoms. The number of aryl methyl sites for hydroxylation is 1. The van der Waals surface area contributed by atoms with Crippen LogP contribution in [0.3, 0.4) is 0 Å². The highest BCUT2D eigenvalue weighted by atomic mass is 16.5. The van der Waals surface area contributed by atoms with Crippen LogP contribution in [0.15, 0.2) is 42.5 Å². The summed E-state index contributed by atoms with van der Waals surface area (Å²) in [5.74, 6) is -0.458. The van der Waals surface area contributed by atoms with E-state index in [9.17, 15) is 10.0 Å². The van der Waals surface area contributed by atoms with Gasteiger partial charge in [0, 0.05) is 0 Å². The van der Waals surface area contributed by atoms with Crippen molar-refractivity contribution in [2.24, 2.45) is 5.73 Å². The first-order chi connectivity index (χ1) is 9.56. The second-order valence-corrected chi connectivity index (χ2v) is 5.17. The zero-order valence-corrected chi connectivity index (χ0v) is 11.2. The molecule has 1 aliphatic rings. The van der Waals surface area contributed by atoms with Gasteiger partial charge in [-0.1, -0.05) is 35.9 Å². The molecule has 0 fully saturated rings. The summed E-state index contributed by atoms with van der Waals surface area (Å²) < 4.78 is 0. The summed E-state index contributed by atoms with van der Waals surface area (Å²) in [6.45, 7) is 2.05. The van der Waals surface area contributed by atoms with Crippen LogP contribution >= 0.6 is 0 Å². The van der Waals surface area contributed by atoms with Gasteiger partial charge in [-0.2, -0.15) is 5.06 Å². The van der Waals surface area contributed by atoms with E-state index in [4.69, 9.17) is 5.73 Å². The van der Waals surface area contributed by atoms with Gasteiger partial charge >= 0.3 is 0 Å². The third-order valence-corrected chi connectivity index (χ3v) is 3.62. The third-order valence-electron chi connectivity index (χ3n) is 3.62. The Morgan fingerprint density at radius 3 is 2.70 bits per heavy atom. The van der Waals surface area contributed by atoms with Gasteiger partial charge in [0.05, 0.1) is 11.7 Å². The first kappa shape index (κ1) is 12.8. The Labute approximate surface area is 117 Å². The van der Waals surface area contributed by atoms with E-state index >= 15 is 0 Å². The van der Waals surface area contributed by atoms with E-state index in [1.54, 1.807) is 6.07 Å². The van der Waals surface area contributed by atoms with Crippen LogP contribution < -0.4 is 10.8 Å². The summed E-state index contributed by atoms with van der Waals surface area (Å²) in [5, 5.41) is 10.5. The smallest absolute Gasteiger partial charge is 0.267 e. The molecule has 102 valence electrons. The van der Waals surface area contributed by atoms with Crippen LogP contribution in [-0.2, 0) is 11.2 Å². The van der Waals surface area contributed by atoms with Crippen LogP contribution in [0.2, 0.25) is 0 Å². The van der Waals surface area contributed by atoms with E-state index in [0.29, 0.717) is 17.2 Å². The molecule has 1 atom stereocenters. The topological polar surface area (TPSA) is 66.6 Å². The van der Waals surface area contributed by atoms with Gasteiger partial charge in [-0.25, -0.2) is 0 Å². The molecule has 1 heterocycles. The molecule has 4 heteroatoms. The average molecular weight is 268 g/mol. The highest BCUT2D eigenvalue weighted by Gasteiger charge is 2.29. The molecular formula is C16H16N2O2. The van der Waals surface area contributed by atoms with Crippen molar-refractivity contribution in [1.82, 2.24) is 0 Å². The van der Waals surface area contributed by atoms with Gasteiger partial charge in [0.15, 0.2) is 0 Å². The van der Waals surface area contributed by atoms with Crippen molar-refractivity contribution in [3.05, 3.63) is 53.6 Å². The van der Waals surface area contributed by atoms with Crippen molar-refractivity contribution in [3.63, 3.8) is 0 Å². The summed E-state index contributed by atoms with van der Waals surface area (Å²) in [4.78, 5) is 11.6. The number of hydrogen-bond acceptors (Lipinski definition) is 3. The van der Waals surface area contributed by atoms with Crippen molar-refractivity contribution >= 4 is 11.6 Å². The molecule has 2 aromatic carbocycles. The molecule has 1 aliphatic heterocycles. The van der Waals surface area contributed by atoms with E-state index in [-0.39, 0.29) is 0 Å². The summed E-state index contributed by atoms with van der Waals surface area (Å²) in [6, 6.07) is 13.2. The SMILES string of the molecule is Cc1cccc(-c2ccc3c(c2)C[C@H](N)C(=O)N3O)c1. The Bertz CT molecular complexity index is 682. The molecular weight excluding hydrogens is 252 g/mol. The van der Waals surface area contributed by atoms with Gasteiger partial charge in [0.2, 0.25) is 0 Å². The zero-order chi connectivity index (χ0) is 14.3. The van der Waals surface area contributed by atoms with Crippen LogP contribution in [0.25, 0.3) is 11.1 Å². The first-order valence-electron chi connectivity index (χ1n) is 6.54. The molecule has 2 aromatic rings. The molecule has 3 N–H and O–H groups in total. The van der Waals surface area contributed by atoms with Gasteiger partial charge in [0.25, 0.3) is 5.91 Å². The Kier molecular flexibility index (Phi) is 3.04. The van der Waals surface area contributed by atoms with Crippen molar-refractivity contribution < 1.29 is 10.0 Å². The summed E-state index contributed by atoms with van der Waals surface area (Å²) in [6.07, 6.45) is 0.449. The minimum absolute atomic E-state index is 0.449. The average Bonchev–Trinajstić information content (AvgIpc) is 2.44. The van der Waals surface area contributed by atoms with Crippen LogP contribution in [0, 0.1) is 6.92 Å². The van der Waals surface area contributed by atoms with Crippen LogP contribution in [0.4, 0.5) is 5.69 Å². The lowest BCUT2D eigenvalue weighted by atomic mass is 9.94. The van der Waals surface area contributed by atoms with E-state index < -0.39 is 11.9 Å². The van der Waals surface area contributed by atoms with Crippen molar-refractivity contribution in [2.45, 2.75) is 19.4 Å². The van der Waals surface area contributed by atoms with Gasteiger partial charge in [-0.3, -0.25) is 10.0 Å². The minimum atomic E-state index is -0.680. The summed E-state index contributed by atoms with van der Waals surface area (Å²) in [7, 11) is 0. The highest BCUT2D eigenvalue weighted by Crippen LogP contribution is 2.31. The number of amides is 1. The Morgan fingerprint density at radius 1 is 1.20 bits per heavy atom. The number of carbonyl (C=O) groups excluding carboxylic acids is 1. The first-order valence-corrected chi connectivity index (χ1v) is 6.54. The van der Waals surface area contributed by atoms with E-state index in [0.717, 1.165) is 16.7 Å². The molecule has 0 bridgehead atoms. The molecule has 3 rings (SSSR count). The summed E-state index contributed by atoms with van der Waals surface area (Å²) >= 11 is 0. The van der Waals surface area contributed by atoms with Gasteiger partial charge < -0.3 is 5.73 Å². The third kappa shape index (κ3) is 2.09. The second kappa shape index (κ2) is 4.74. The maximum absolute atomic E-state index is 11.6. The fraction of sp³-hybridized carbons (Fsp3) is 0.188. The molecule has 0 aliphatic carbocycles. The van der Waals surface area contributed by atoms with E-state index in [1.807, 2.05) is 37.3 Å². The van der Waals surface area contributed by atoms with Crippen LogP contribution in [0.1, 0.15) is 11.1 Å². The maximum Gasteiger partial charge on any atom is 0.267 e. The normalized spacial score (nSPS) is 18.1. The van der Waals surface area contributed by atoms with Crippen molar-refractivity contribution in [2.75, 3.05) is 5.06 Å². The number of hydrogen-bond donors (Lipinski definition) is 2. The lowest BCUT2D eigenvalue weighted by molar-refractivity contribution is -0.125. The number of fused-ring (bicyclic) bond motifs is 1. The van der Waals surface area contributed by atoms with Gasteiger partial charge in [-0.05, 0) is 42.2 Å². The number of hydroxylamine groups is 1. The highest BCUT2D eigenvalue weighted by molar-refractivity contribution is 5.98. The van der Waals surface area contributed by atoms with E-state index in [1.165, 1.54) is 5.56 Å². The molecule has 0 saturated heterocycles. The number of anilines is 1. The Hall–Kier alpha value is -2.17. The minimum Gasteiger partial charge on any atom is -0.320 e. The standard InChI is InChI=1S/C16H16N2O2/c1-10-3-2-4-11(7-10)12-5-6-15-13(8-12)9-14(17)16(19)18(15)20/h2-8,14,20H,9,17H2,1H3/t14-/m0/s1. The molecule has 0 radical (unpaired) electrons.